The van der Waals surface area contributed by atoms with Crippen LogP contribution in [0.3, 0.4) is 0 Å². The number of unbranched alkanes of at least 4 members (excludes halogenated alkanes) is 2. The van der Waals surface area contributed by atoms with E-state index in [1.807, 2.05) is 0 Å². The zero-order chi connectivity index (χ0) is 21.6. The van der Waals surface area contributed by atoms with Crippen LogP contribution >= 0.6 is 0 Å². The van der Waals surface area contributed by atoms with Gasteiger partial charge in [-0.25, -0.2) is 4.79 Å². The molecule has 1 atom stereocenters. The van der Waals surface area contributed by atoms with Crippen molar-refractivity contribution in [1.82, 2.24) is 10.6 Å². The largest absolute Gasteiger partial charge is 0.461 e. The number of hydrogen-bond acceptors (Lipinski definition) is 6. The Balaban J connectivity index is 4.08. The van der Waals surface area contributed by atoms with Gasteiger partial charge in [0.25, 0.3) is 0 Å². The number of nitrogens with one attached hydrogen (secondary N) is 2. The van der Waals surface area contributed by atoms with Gasteiger partial charge in [-0.05, 0) is 40.0 Å². The predicted molar refractivity (Wildman–Crippen MR) is 105 cm³/mol. The summed E-state index contributed by atoms with van der Waals surface area (Å²) in [5, 5.41) is 5.29. The number of amides is 2. The smallest absolute Gasteiger partial charge is 0.329 e. The second kappa shape index (κ2) is 13.7. The molecule has 8 heteroatoms. The van der Waals surface area contributed by atoms with E-state index >= 15 is 0 Å². The van der Waals surface area contributed by atoms with Gasteiger partial charge in [0.15, 0.2) is 0 Å². The Labute approximate surface area is 167 Å². The summed E-state index contributed by atoms with van der Waals surface area (Å²) < 4.78 is 10.1. The van der Waals surface area contributed by atoms with Crippen molar-refractivity contribution in [2.45, 2.75) is 77.9 Å². The van der Waals surface area contributed by atoms with Crippen LogP contribution in [0.5, 0.6) is 0 Å². The van der Waals surface area contributed by atoms with Crippen molar-refractivity contribution in [1.29, 1.82) is 0 Å². The molecule has 0 saturated heterocycles. The molecule has 160 valence electrons. The number of rotatable bonds is 13. The summed E-state index contributed by atoms with van der Waals surface area (Å²) >= 11 is 0. The molecule has 0 aliphatic rings. The second-order valence-electron chi connectivity index (χ2n) is 7.46. The molecule has 0 spiro atoms. The molecule has 0 saturated carbocycles. The summed E-state index contributed by atoms with van der Waals surface area (Å²) in [7, 11) is 0. The van der Waals surface area contributed by atoms with Crippen LogP contribution in [0, 0.1) is 0 Å². The van der Waals surface area contributed by atoms with Gasteiger partial charge in [0, 0.05) is 26.3 Å². The summed E-state index contributed by atoms with van der Waals surface area (Å²) in [6.45, 7) is 10.7. The number of ether oxygens (including phenoxy) is 2. The summed E-state index contributed by atoms with van der Waals surface area (Å²) in [4.78, 5) is 46.7. The van der Waals surface area contributed by atoms with Crippen molar-refractivity contribution in [3.8, 4) is 0 Å². The Kier molecular flexibility index (Phi) is 12.6. The fraction of sp³-hybridized carbons (Fsp3) is 0.700. The lowest BCUT2D eigenvalue weighted by Crippen LogP contribution is -2.44. The minimum Gasteiger partial charge on any atom is -0.461 e. The van der Waals surface area contributed by atoms with Crippen LogP contribution in [0.2, 0.25) is 0 Å². The molecule has 0 heterocycles. The summed E-state index contributed by atoms with van der Waals surface area (Å²) in [5.41, 5.74) is -0.672. The highest BCUT2D eigenvalue weighted by molar-refractivity contribution is 5.84. The first kappa shape index (κ1) is 25.6. The van der Waals surface area contributed by atoms with E-state index in [4.69, 9.17) is 9.47 Å². The summed E-state index contributed by atoms with van der Waals surface area (Å²) in [5.74, 6) is -1.37. The molecule has 0 fully saturated rings. The molecular formula is C20H34N2O6. The third-order valence-corrected chi connectivity index (χ3v) is 3.47. The number of esters is 2. The monoisotopic (exact) mass is 398 g/mol. The molecule has 0 radical (unpaired) electrons. The van der Waals surface area contributed by atoms with Crippen molar-refractivity contribution in [3.63, 3.8) is 0 Å². The Morgan fingerprint density at radius 1 is 1.07 bits per heavy atom. The molecule has 0 bridgehead atoms. The van der Waals surface area contributed by atoms with Crippen LogP contribution in [0.15, 0.2) is 12.7 Å². The molecule has 0 aliphatic carbocycles. The van der Waals surface area contributed by atoms with Crippen LogP contribution in [0.4, 0.5) is 0 Å². The lowest BCUT2D eigenvalue weighted by molar-refractivity contribution is -0.158. The van der Waals surface area contributed by atoms with E-state index in [0.29, 0.717) is 19.4 Å². The zero-order valence-electron chi connectivity index (χ0n) is 17.5. The minimum absolute atomic E-state index is 0.0953. The van der Waals surface area contributed by atoms with E-state index in [-0.39, 0.29) is 37.2 Å². The molecule has 0 aromatic heterocycles. The lowest BCUT2D eigenvalue weighted by atomic mass is 10.1. The quantitative estimate of drug-likeness (QED) is 0.279. The normalized spacial score (nSPS) is 11.9. The molecule has 0 aliphatic heterocycles. The highest BCUT2D eigenvalue weighted by Gasteiger charge is 2.26. The molecule has 8 nitrogen and oxygen atoms in total. The highest BCUT2D eigenvalue weighted by Crippen LogP contribution is 2.11. The van der Waals surface area contributed by atoms with Crippen LogP contribution in [-0.4, -0.2) is 48.5 Å². The van der Waals surface area contributed by atoms with E-state index in [1.165, 1.54) is 13.0 Å². The van der Waals surface area contributed by atoms with Crippen molar-refractivity contribution in [2.24, 2.45) is 0 Å². The van der Waals surface area contributed by atoms with E-state index in [1.54, 1.807) is 20.8 Å². The molecule has 2 amide bonds. The standard InChI is InChI=1S/C20H34N2O6/c1-6-14-27-18(25)10-8-7-9-13-21-17(24)12-11-16(22-15(2)23)19(26)28-20(3,4)5/h6,16H,1,7-14H2,2-5H3,(H,21,24)(H,22,23)/t16-/m0/s1. The van der Waals surface area contributed by atoms with Gasteiger partial charge in [-0.1, -0.05) is 19.1 Å². The first-order chi connectivity index (χ1) is 13.0. The van der Waals surface area contributed by atoms with Crippen molar-refractivity contribution < 1.29 is 28.7 Å². The third kappa shape index (κ3) is 14.8. The Morgan fingerprint density at radius 2 is 1.75 bits per heavy atom. The van der Waals surface area contributed by atoms with Crippen LogP contribution in [0.1, 0.15) is 66.2 Å². The Morgan fingerprint density at radius 3 is 2.32 bits per heavy atom. The van der Waals surface area contributed by atoms with Gasteiger partial charge in [0.05, 0.1) is 0 Å². The second-order valence-corrected chi connectivity index (χ2v) is 7.46. The maximum atomic E-state index is 12.1. The van der Waals surface area contributed by atoms with Crippen molar-refractivity contribution in [3.05, 3.63) is 12.7 Å². The van der Waals surface area contributed by atoms with Crippen molar-refractivity contribution >= 4 is 23.8 Å². The van der Waals surface area contributed by atoms with E-state index in [9.17, 15) is 19.2 Å². The van der Waals surface area contributed by atoms with Crippen LogP contribution in [-0.2, 0) is 28.7 Å². The van der Waals surface area contributed by atoms with Gasteiger partial charge in [-0.15, -0.1) is 0 Å². The van der Waals surface area contributed by atoms with Gasteiger partial charge in [-0.2, -0.15) is 0 Å². The van der Waals surface area contributed by atoms with Crippen molar-refractivity contribution in [2.75, 3.05) is 13.2 Å². The minimum atomic E-state index is -0.857. The molecule has 0 unspecified atom stereocenters. The van der Waals surface area contributed by atoms with E-state index in [2.05, 4.69) is 17.2 Å². The zero-order valence-corrected chi connectivity index (χ0v) is 17.5. The fourth-order valence-corrected chi connectivity index (χ4v) is 2.25. The molecule has 0 aromatic rings. The van der Waals surface area contributed by atoms with E-state index < -0.39 is 17.6 Å². The highest BCUT2D eigenvalue weighted by atomic mass is 16.6. The Bertz CT molecular complexity index is 539. The molecule has 0 rings (SSSR count). The molecule has 28 heavy (non-hydrogen) atoms. The van der Waals surface area contributed by atoms with Crippen LogP contribution < -0.4 is 10.6 Å². The lowest BCUT2D eigenvalue weighted by Gasteiger charge is -2.24. The maximum absolute atomic E-state index is 12.1. The Hall–Kier alpha value is -2.38. The van der Waals surface area contributed by atoms with Gasteiger partial charge >= 0.3 is 11.9 Å². The maximum Gasteiger partial charge on any atom is 0.329 e. The number of carbonyl (C=O) groups excluding carboxylic acids is 4. The molecule has 2 N–H and O–H groups in total. The SMILES string of the molecule is C=CCOC(=O)CCCCCNC(=O)CC[C@H](NC(C)=O)C(=O)OC(C)(C)C. The molecular weight excluding hydrogens is 364 g/mol. The summed E-state index contributed by atoms with van der Waals surface area (Å²) in [6, 6.07) is -0.857. The first-order valence-corrected chi connectivity index (χ1v) is 9.58. The first-order valence-electron chi connectivity index (χ1n) is 9.58. The van der Waals surface area contributed by atoms with Gasteiger partial charge in [0.1, 0.15) is 18.2 Å². The molecule has 0 aromatic carbocycles. The number of carbonyl (C=O) groups is 4. The van der Waals surface area contributed by atoms with Crippen LogP contribution in [0.25, 0.3) is 0 Å². The van der Waals surface area contributed by atoms with Gasteiger partial charge < -0.3 is 20.1 Å². The third-order valence-electron chi connectivity index (χ3n) is 3.47. The van der Waals surface area contributed by atoms with E-state index in [0.717, 1.165) is 12.8 Å². The average Bonchev–Trinajstić information content (AvgIpc) is 2.57. The predicted octanol–water partition coefficient (Wildman–Crippen LogP) is 2.02. The fourth-order valence-electron chi connectivity index (χ4n) is 2.25. The average molecular weight is 399 g/mol. The topological polar surface area (TPSA) is 111 Å². The van der Waals surface area contributed by atoms with Gasteiger partial charge in [0.2, 0.25) is 11.8 Å². The summed E-state index contributed by atoms with van der Waals surface area (Å²) in [6.07, 6.45) is 4.34. The van der Waals surface area contributed by atoms with Gasteiger partial charge in [-0.3, -0.25) is 14.4 Å². The number of hydrogen-bond donors (Lipinski definition) is 2.